The van der Waals surface area contributed by atoms with Gasteiger partial charge in [0, 0.05) is 18.4 Å². The fourth-order valence-corrected chi connectivity index (χ4v) is 2.81. The van der Waals surface area contributed by atoms with E-state index < -0.39 is 30.1 Å². The molecule has 4 atom stereocenters. The number of ketones is 2. The highest BCUT2D eigenvalue weighted by Crippen LogP contribution is 2.31. The number of aliphatic hydroxyl groups excluding tert-OH is 2. The van der Waals surface area contributed by atoms with E-state index in [0.717, 1.165) is 6.08 Å². The van der Waals surface area contributed by atoms with Crippen molar-refractivity contribution in [3.05, 3.63) is 41.5 Å². The number of phenolic OH excluding ortho intramolecular Hbond substituents is 1. The molecule has 1 aliphatic heterocycles. The number of carbonyl (C=O) groups is 3. The van der Waals surface area contributed by atoms with Crippen LogP contribution in [0.4, 0.5) is 0 Å². The Labute approximate surface area is 180 Å². The zero-order valence-corrected chi connectivity index (χ0v) is 17.8. The van der Waals surface area contributed by atoms with E-state index in [1.165, 1.54) is 30.4 Å². The second-order valence-electron chi connectivity index (χ2n) is 7.47. The summed E-state index contributed by atoms with van der Waals surface area (Å²) in [7, 11) is 0. The lowest BCUT2D eigenvalue weighted by molar-refractivity contribution is -0.127. The third-order valence-corrected chi connectivity index (χ3v) is 5.05. The standard InChI is InChI=1S/C23H28O8/c1-4-16(24)12-30-17-10-15-6-5-7-18(25)22(28)19(26)9-8-13(2)14(3)31-23(29)21(15)20(27)11-17/h5-6,8-11,13-14,18,22,25,27-28H,4,7,12H2,1-3H3/b6-5+,9-8-/t13-,14+,18+,22?/m1/s1. The van der Waals surface area contributed by atoms with Gasteiger partial charge in [-0.3, -0.25) is 9.59 Å². The fraction of sp³-hybridized carbons (Fsp3) is 0.435. The van der Waals surface area contributed by atoms with Crippen LogP contribution in [0.25, 0.3) is 6.08 Å². The molecule has 1 aromatic carbocycles. The predicted octanol–water partition coefficient (Wildman–Crippen LogP) is 2.20. The second-order valence-corrected chi connectivity index (χ2v) is 7.47. The minimum atomic E-state index is -1.60. The number of ether oxygens (including phenoxy) is 2. The van der Waals surface area contributed by atoms with Gasteiger partial charge in [0.15, 0.2) is 11.6 Å². The van der Waals surface area contributed by atoms with Crippen LogP contribution in [0.5, 0.6) is 11.5 Å². The second kappa shape index (κ2) is 10.9. The first kappa shape index (κ1) is 24.3. The number of carbonyl (C=O) groups excluding carboxylic acids is 3. The van der Waals surface area contributed by atoms with E-state index in [9.17, 15) is 29.7 Å². The van der Waals surface area contributed by atoms with Crippen LogP contribution in [-0.2, 0) is 14.3 Å². The highest BCUT2D eigenvalue weighted by atomic mass is 16.5. The van der Waals surface area contributed by atoms with Crippen LogP contribution in [0.2, 0.25) is 0 Å². The highest BCUT2D eigenvalue weighted by molar-refractivity contribution is 5.97. The molecule has 0 saturated heterocycles. The summed E-state index contributed by atoms with van der Waals surface area (Å²) in [6.07, 6.45) is 2.16. The van der Waals surface area contributed by atoms with E-state index in [1.807, 2.05) is 0 Å². The van der Waals surface area contributed by atoms with E-state index in [0.29, 0.717) is 6.42 Å². The summed E-state index contributed by atoms with van der Waals surface area (Å²) in [5.74, 6) is -2.14. The Kier molecular flexibility index (Phi) is 8.53. The maximum absolute atomic E-state index is 12.8. The number of Topliss-reactive ketones (excluding diaryl/α,β-unsaturated/α-hetero) is 1. The van der Waals surface area contributed by atoms with E-state index >= 15 is 0 Å². The molecule has 1 aromatic rings. The molecule has 0 saturated carbocycles. The number of esters is 1. The van der Waals surface area contributed by atoms with Gasteiger partial charge in [-0.25, -0.2) is 4.79 Å². The minimum Gasteiger partial charge on any atom is -0.507 e. The molecule has 8 heteroatoms. The average molecular weight is 432 g/mol. The first-order valence-corrected chi connectivity index (χ1v) is 10.1. The fourth-order valence-electron chi connectivity index (χ4n) is 2.81. The van der Waals surface area contributed by atoms with E-state index in [-0.39, 0.29) is 47.4 Å². The Morgan fingerprint density at radius 1 is 1.19 bits per heavy atom. The van der Waals surface area contributed by atoms with E-state index in [4.69, 9.17) is 9.47 Å². The van der Waals surface area contributed by atoms with Crippen LogP contribution >= 0.6 is 0 Å². The third kappa shape index (κ3) is 6.50. The lowest BCUT2D eigenvalue weighted by Crippen LogP contribution is -2.32. The molecule has 0 bridgehead atoms. The van der Waals surface area contributed by atoms with Crippen molar-refractivity contribution in [2.45, 2.75) is 51.9 Å². The Morgan fingerprint density at radius 3 is 2.58 bits per heavy atom. The van der Waals surface area contributed by atoms with Crippen LogP contribution in [-0.4, -0.2) is 57.8 Å². The lowest BCUT2D eigenvalue weighted by atomic mass is 9.99. The molecule has 1 aliphatic rings. The third-order valence-electron chi connectivity index (χ3n) is 5.05. The van der Waals surface area contributed by atoms with Gasteiger partial charge in [0.2, 0.25) is 0 Å². The van der Waals surface area contributed by atoms with Gasteiger partial charge in [0.1, 0.15) is 35.9 Å². The first-order valence-electron chi connectivity index (χ1n) is 10.1. The van der Waals surface area contributed by atoms with Crippen LogP contribution in [0.15, 0.2) is 30.4 Å². The molecule has 2 rings (SSSR count). The maximum Gasteiger partial charge on any atom is 0.342 e. The van der Waals surface area contributed by atoms with Gasteiger partial charge >= 0.3 is 5.97 Å². The number of cyclic esters (lactones) is 1. The largest absolute Gasteiger partial charge is 0.507 e. The van der Waals surface area contributed by atoms with Gasteiger partial charge in [0.05, 0.1) is 6.10 Å². The number of hydrogen-bond donors (Lipinski definition) is 3. The molecule has 0 aliphatic carbocycles. The summed E-state index contributed by atoms with van der Waals surface area (Å²) in [5.41, 5.74) is 0.140. The van der Waals surface area contributed by atoms with Gasteiger partial charge in [-0.2, -0.15) is 0 Å². The number of hydrogen-bond acceptors (Lipinski definition) is 8. The Bertz CT molecular complexity index is 886. The SMILES string of the molecule is CCC(=O)COc1cc(O)c2c(c1)/C=C/C[C@H](O)C(O)C(=O)/C=C\[C@@H](C)[C@H](C)OC2=O. The molecule has 1 unspecified atom stereocenters. The van der Waals surface area contributed by atoms with Gasteiger partial charge < -0.3 is 24.8 Å². The lowest BCUT2D eigenvalue weighted by Gasteiger charge is -2.20. The topological polar surface area (TPSA) is 130 Å². The number of aliphatic hydroxyl groups is 2. The van der Waals surface area contributed by atoms with Gasteiger partial charge in [-0.05, 0) is 31.1 Å². The Morgan fingerprint density at radius 2 is 1.90 bits per heavy atom. The highest BCUT2D eigenvalue weighted by Gasteiger charge is 2.25. The van der Waals surface area contributed by atoms with Crippen molar-refractivity contribution in [1.29, 1.82) is 0 Å². The molecule has 3 N–H and O–H groups in total. The number of phenols is 1. The molecule has 31 heavy (non-hydrogen) atoms. The molecule has 0 fully saturated rings. The van der Waals surface area contributed by atoms with Gasteiger partial charge in [-0.1, -0.05) is 32.1 Å². The Hall–Kier alpha value is -2.97. The molecule has 168 valence electrons. The van der Waals surface area contributed by atoms with Crippen LogP contribution in [0, 0.1) is 5.92 Å². The van der Waals surface area contributed by atoms with E-state index in [1.54, 1.807) is 20.8 Å². The molecule has 0 radical (unpaired) electrons. The first-order chi connectivity index (χ1) is 14.6. The zero-order valence-electron chi connectivity index (χ0n) is 17.8. The summed E-state index contributed by atoms with van der Waals surface area (Å²) in [6, 6.07) is 2.69. The minimum absolute atomic E-state index is 0.0820. The number of aromatic hydroxyl groups is 1. The average Bonchev–Trinajstić information content (AvgIpc) is 2.73. The maximum atomic E-state index is 12.8. The molecule has 8 nitrogen and oxygen atoms in total. The summed E-state index contributed by atoms with van der Waals surface area (Å²) >= 11 is 0. The van der Waals surface area contributed by atoms with Crippen LogP contribution in [0.3, 0.4) is 0 Å². The summed E-state index contributed by atoms with van der Waals surface area (Å²) in [5, 5.41) is 30.6. The molecular formula is C23H28O8. The summed E-state index contributed by atoms with van der Waals surface area (Å²) < 4.78 is 10.9. The predicted molar refractivity (Wildman–Crippen MR) is 113 cm³/mol. The quantitative estimate of drug-likeness (QED) is 0.617. The van der Waals surface area contributed by atoms with Crippen molar-refractivity contribution < 1.29 is 39.2 Å². The molecule has 0 spiro atoms. The number of rotatable bonds is 4. The zero-order chi connectivity index (χ0) is 23.1. The molecule has 0 amide bonds. The molecule has 0 aromatic heterocycles. The van der Waals surface area contributed by atoms with Crippen LogP contribution in [0.1, 0.15) is 49.5 Å². The van der Waals surface area contributed by atoms with Gasteiger partial charge in [0.25, 0.3) is 0 Å². The molecular weight excluding hydrogens is 404 g/mol. The molecule has 1 heterocycles. The van der Waals surface area contributed by atoms with Crippen molar-refractivity contribution >= 4 is 23.6 Å². The number of benzene rings is 1. The summed E-state index contributed by atoms with van der Waals surface area (Å²) in [6.45, 7) is 4.87. The van der Waals surface area contributed by atoms with Crippen molar-refractivity contribution in [2.24, 2.45) is 5.92 Å². The monoisotopic (exact) mass is 432 g/mol. The van der Waals surface area contributed by atoms with Crippen LogP contribution < -0.4 is 4.74 Å². The van der Waals surface area contributed by atoms with Crippen molar-refractivity contribution in [3.8, 4) is 11.5 Å². The Balaban J connectivity index is 2.45. The number of fused-ring (bicyclic) bond motifs is 1. The normalized spacial score (nSPS) is 26.9. The van der Waals surface area contributed by atoms with Crippen molar-refractivity contribution in [2.75, 3.05) is 6.61 Å². The smallest absolute Gasteiger partial charge is 0.342 e. The van der Waals surface area contributed by atoms with E-state index in [2.05, 4.69) is 0 Å². The van der Waals surface area contributed by atoms with Gasteiger partial charge in [-0.15, -0.1) is 0 Å². The summed E-state index contributed by atoms with van der Waals surface area (Å²) in [4.78, 5) is 36.3. The van der Waals surface area contributed by atoms with Crippen molar-refractivity contribution in [3.63, 3.8) is 0 Å². The van der Waals surface area contributed by atoms with Crippen molar-refractivity contribution in [1.82, 2.24) is 0 Å².